The van der Waals surface area contributed by atoms with Crippen LogP contribution in [0.3, 0.4) is 0 Å². The van der Waals surface area contributed by atoms with Gasteiger partial charge in [0.2, 0.25) is 0 Å². The molecule has 4 rings (SSSR count). The van der Waals surface area contributed by atoms with Gasteiger partial charge >= 0.3 is 0 Å². The Hall–Kier alpha value is -2.12. The lowest BCUT2D eigenvalue weighted by atomic mass is 10.2. The van der Waals surface area contributed by atoms with Gasteiger partial charge in [0.05, 0.1) is 11.3 Å². The Balaban J connectivity index is 1.32. The van der Waals surface area contributed by atoms with Crippen molar-refractivity contribution in [1.29, 1.82) is 0 Å². The fourth-order valence-electron chi connectivity index (χ4n) is 4.02. The topological polar surface area (TPSA) is 61.4 Å². The van der Waals surface area contributed by atoms with Gasteiger partial charge < -0.3 is 10.2 Å². The number of anilines is 1. The Morgan fingerprint density at radius 1 is 1.17 bits per heavy atom. The van der Waals surface area contributed by atoms with E-state index in [2.05, 4.69) is 62.3 Å². The molecule has 1 atom stereocenters. The van der Waals surface area contributed by atoms with Crippen LogP contribution in [0.15, 0.2) is 35.4 Å². The summed E-state index contributed by atoms with van der Waals surface area (Å²) >= 11 is 1.53. The lowest BCUT2D eigenvalue weighted by Crippen LogP contribution is -2.52. The summed E-state index contributed by atoms with van der Waals surface area (Å²) in [6, 6.07) is 10.9. The van der Waals surface area contributed by atoms with E-state index in [1.165, 1.54) is 17.4 Å². The fraction of sp³-hybridized carbons (Fsp3) is 0.522. The van der Waals surface area contributed by atoms with Crippen LogP contribution in [0.25, 0.3) is 0 Å². The molecule has 2 fully saturated rings. The molecular formula is C23H31N5OS. The van der Waals surface area contributed by atoms with Crippen molar-refractivity contribution in [2.24, 2.45) is 0 Å². The van der Waals surface area contributed by atoms with Gasteiger partial charge in [0, 0.05) is 50.4 Å². The molecule has 30 heavy (non-hydrogen) atoms. The van der Waals surface area contributed by atoms with Crippen LogP contribution in [0.2, 0.25) is 0 Å². The number of carbonyl (C=O) groups excluding carboxylic acids is 1. The highest BCUT2D eigenvalue weighted by Crippen LogP contribution is 2.39. The number of carbonyl (C=O) groups is 1. The third-order valence-corrected chi connectivity index (χ3v) is 6.74. The number of thioether (sulfide) groups is 1. The van der Waals surface area contributed by atoms with Gasteiger partial charge in [-0.3, -0.25) is 9.69 Å². The molecule has 0 radical (unpaired) electrons. The molecule has 1 saturated heterocycles. The van der Waals surface area contributed by atoms with Crippen molar-refractivity contribution in [3.05, 3.63) is 47.4 Å². The smallest absolute Gasteiger partial charge is 0.255 e. The molecular weight excluding hydrogens is 394 g/mol. The molecule has 1 amide bonds. The summed E-state index contributed by atoms with van der Waals surface area (Å²) in [7, 11) is 0. The quantitative estimate of drug-likeness (QED) is 0.542. The summed E-state index contributed by atoms with van der Waals surface area (Å²) < 4.78 is 0. The van der Waals surface area contributed by atoms with Crippen LogP contribution >= 0.6 is 11.8 Å². The molecule has 2 heterocycles. The number of piperazine rings is 1. The summed E-state index contributed by atoms with van der Waals surface area (Å²) in [5, 5.41) is 3.93. The van der Waals surface area contributed by atoms with Crippen molar-refractivity contribution in [2.75, 3.05) is 43.9 Å². The molecule has 0 unspecified atom stereocenters. The summed E-state index contributed by atoms with van der Waals surface area (Å²) in [6.45, 7) is 8.76. The molecule has 2 aliphatic rings. The predicted octanol–water partition coefficient (Wildman–Crippen LogP) is 3.32. The zero-order valence-electron chi connectivity index (χ0n) is 18.1. The Labute approximate surface area is 183 Å². The molecule has 0 spiro atoms. The van der Waals surface area contributed by atoms with Gasteiger partial charge in [-0.1, -0.05) is 18.2 Å². The third-order valence-electron chi connectivity index (χ3n) is 6.05. The number of hydrogen-bond donors (Lipinski definition) is 1. The summed E-state index contributed by atoms with van der Waals surface area (Å²) in [6.07, 6.45) is 4.30. The molecule has 0 bridgehead atoms. The molecule has 1 aliphatic carbocycles. The van der Waals surface area contributed by atoms with E-state index < -0.39 is 0 Å². The molecule has 1 saturated carbocycles. The molecule has 6 nitrogen and oxygen atoms in total. The zero-order chi connectivity index (χ0) is 21.1. The zero-order valence-corrected chi connectivity index (χ0v) is 18.9. The summed E-state index contributed by atoms with van der Waals surface area (Å²) in [5.41, 5.74) is 2.71. The molecule has 7 heteroatoms. The highest BCUT2D eigenvalue weighted by molar-refractivity contribution is 7.98. The first-order valence-corrected chi connectivity index (χ1v) is 12.0. The number of nitrogens with zero attached hydrogens (tertiary/aromatic N) is 4. The van der Waals surface area contributed by atoms with E-state index in [0.29, 0.717) is 18.0 Å². The molecule has 1 aliphatic heterocycles. The van der Waals surface area contributed by atoms with Gasteiger partial charge in [-0.15, -0.1) is 11.8 Å². The maximum absolute atomic E-state index is 12.9. The highest BCUT2D eigenvalue weighted by Gasteiger charge is 2.29. The largest absolute Gasteiger partial charge is 0.369 e. The first kappa shape index (κ1) is 21.1. The molecule has 1 N–H and O–H groups in total. The van der Waals surface area contributed by atoms with E-state index in [9.17, 15) is 4.79 Å². The third kappa shape index (κ3) is 4.78. The van der Waals surface area contributed by atoms with Crippen molar-refractivity contribution in [2.45, 2.75) is 43.7 Å². The number of rotatable bonds is 7. The van der Waals surface area contributed by atoms with Crippen molar-refractivity contribution in [1.82, 2.24) is 20.2 Å². The minimum absolute atomic E-state index is 0.0611. The number of benzene rings is 1. The maximum atomic E-state index is 12.9. The number of amides is 1. The van der Waals surface area contributed by atoms with Crippen LogP contribution in [0, 0.1) is 6.92 Å². The monoisotopic (exact) mass is 425 g/mol. The second-order valence-electron chi connectivity index (χ2n) is 8.24. The normalized spacial score (nSPS) is 18.3. The number of para-hydroxylation sites is 1. The van der Waals surface area contributed by atoms with Crippen molar-refractivity contribution in [3.8, 4) is 0 Å². The second-order valence-corrected chi connectivity index (χ2v) is 9.04. The predicted molar refractivity (Wildman–Crippen MR) is 123 cm³/mol. The van der Waals surface area contributed by atoms with E-state index >= 15 is 0 Å². The van der Waals surface area contributed by atoms with E-state index in [1.807, 2.05) is 13.2 Å². The Morgan fingerprint density at radius 3 is 2.50 bits per heavy atom. The Morgan fingerprint density at radius 2 is 1.87 bits per heavy atom. The van der Waals surface area contributed by atoms with Gasteiger partial charge in [0.25, 0.3) is 5.91 Å². The lowest BCUT2D eigenvalue weighted by molar-refractivity contribution is 0.0929. The molecule has 1 aromatic carbocycles. The van der Waals surface area contributed by atoms with Crippen molar-refractivity contribution < 1.29 is 4.79 Å². The van der Waals surface area contributed by atoms with Gasteiger partial charge in [-0.05, 0) is 45.1 Å². The SMILES string of the molecule is CSc1nc(C2CC2)nc(C)c1C(=O)NC[C@H](C)N1CCN(c2ccccc2)CC1. The minimum Gasteiger partial charge on any atom is -0.369 e. The van der Waals surface area contributed by atoms with Crippen LogP contribution in [-0.2, 0) is 0 Å². The number of aryl methyl sites for hydroxylation is 1. The summed E-state index contributed by atoms with van der Waals surface area (Å²) in [4.78, 5) is 27.1. The number of nitrogens with one attached hydrogen (secondary N) is 1. The number of aromatic nitrogens is 2. The van der Waals surface area contributed by atoms with E-state index in [0.717, 1.165) is 55.6 Å². The Bertz CT molecular complexity index is 879. The van der Waals surface area contributed by atoms with Gasteiger partial charge in [-0.25, -0.2) is 9.97 Å². The van der Waals surface area contributed by atoms with E-state index in [-0.39, 0.29) is 11.9 Å². The molecule has 1 aromatic heterocycles. The highest BCUT2D eigenvalue weighted by atomic mass is 32.2. The fourth-order valence-corrected chi connectivity index (χ4v) is 4.65. The first-order chi connectivity index (χ1) is 14.6. The van der Waals surface area contributed by atoms with Gasteiger partial charge in [0.15, 0.2) is 0 Å². The van der Waals surface area contributed by atoms with Gasteiger partial charge in [-0.2, -0.15) is 0 Å². The minimum atomic E-state index is -0.0611. The van der Waals surface area contributed by atoms with Gasteiger partial charge in [0.1, 0.15) is 10.9 Å². The average Bonchev–Trinajstić information content (AvgIpc) is 3.63. The van der Waals surface area contributed by atoms with Crippen LogP contribution in [-0.4, -0.2) is 65.8 Å². The molecule has 2 aromatic rings. The van der Waals surface area contributed by atoms with Crippen LogP contribution in [0.1, 0.15) is 47.6 Å². The van der Waals surface area contributed by atoms with Crippen LogP contribution in [0.5, 0.6) is 0 Å². The Kier molecular flexibility index (Phi) is 6.58. The van der Waals surface area contributed by atoms with E-state index in [1.54, 1.807) is 0 Å². The lowest BCUT2D eigenvalue weighted by Gasteiger charge is -2.39. The second kappa shape index (κ2) is 9.35. The maximum Gasteiger partial charge on any atom is 0.255 e. The summed E-state index contributed by atoms with van der Waals surface area (Å²) in [5.74, 6) is 1.33. The first-order valence-electron chi connectivity index (χ1n) is 10.8. The average molecular weight is 426 g/mol. The molecule has 160 valence electrons. The number of hydrogen-bond acceptors (Lipinski definition) is 6. The van der Waals surface area contributed by atoms with Crippen molar-refractivity contribution in [3.63, 3.8) is 0 Å². The standard InChI is InChI=1S/C23H31N5OS/c1-16(27-11-13-28(14-12-27)19-7-5-4-6-8-19)15-24-22(29)20-17(2)25-21(18-9-10-18)26-23(20)30-3/h4-8,16,18H,9-15H2,1-3H3,(H,24,29)/t16-/m0/s1. The van der Waals surface area contributed by atoms with Crippen molar-refractivity contribution >= 4 is 23.4 Å². The van der Waals surface area contributed by atoms with Crippen LogP contribution < -0.4 is 10.2 Å². The van der Waals surface area contributed by atoms with E-state index in [4.69, 9.17) is 0 Å². The van der Waals surface area contributed by atoms with Crippen LogP contribution in [0.4, 0.5) is 5.69 Å².